The third-order valence-corrected chi connectivity index (χ3v) is 4.64. The maximum Gasteiger partial charge on any atom is 0.232 e. The van der Waals surface area contributed by atoms with E-state index in [9.17, 15) is 17.8 Å². The van der Waals surface area contributed by atoms with Crippen molar-refractivity contribution in [3.63, 3.8) is 0 Å². The van der Waals surface area contributed by atoms with Gasteiger partial charge < -0.3 is 4.74 Å². The summed E-state index contributed by atoms with van der Waals surface area (Å²) < 4.78 is 54.9. The lowest BCUT2D eigenvalue weighted by Gasteiger charge is -2.09. The molecule has 0 aliphatic carbocycles. The van der Waals surface area contributed by atoms with Gasteiger partial charge in [0.25, 0.3) is 0 Å². The Hall–Kier alpha value is -2.82. The number of ketones is 1. The normalized spacial score (nSPS) is 12.1. The third kappa shape index (κ3) is 4.97. The first-order valence-electron chi connectivity index (χ1n) is 8.57. The first kappa shape index (κ1) is 20.9. The Kier molecular flexibility index (Phi) is 6.57. The first-order valence-corrected chi connectivity index (χ1v) is 9.67. The van der Waals surface area contributed by atoms with Crippen molar-refractivity contribution in [2.75, 3.05) is 13.7 Å². The second kappa shape index (κ2) is 9.12. The molecule has 10 heteroatoms. The molecule has 2 N–H and O–H groups in total. The highest BCUT2D eigenvalue weighted by Crippen LogP contribution is 2.22. The molecule has 0 radical (unpaired) electrons. The van der Waals surface area contributed by atoms with Gasteiger partial charge in [0.2, 0.25) is 17.1 Å². The SMILES string of the molecule is COc1cnc2ccc(C(=O)c3cc(CCCNS(=O)O)cc(F)c3F)cc2n1. The lowest BCUT2D eigenvalue weighted by molar-refractivity contribution is 0.103. The van der Waals surface area contributed by atoms with Crippen LogP contribution < -0.4 is 9.46 Å². The molecule has 0 spiro atoms. The number of hydrogen-bond acceptors (Lipinski definition) is 5. The van der Waals surface area contributed by atoms with E-state index in [0.29, 0.717) is 29.4 Å². The molecule has 0 fully saturated rings. The third-order valence-electron chi connectivity index (χ3n) is 4.19. The molecule has 3 rings (SSSR count). The fourth-order valence-corrected chi connectivity index (χ4v) is 3.12. The van der Waals surface area contributed by atoms with E-state index in [4.69, 9.17) is 9.29 Å². The highest BCUT2D eigenvalue weighted by molar-refractivity contribution is 7.77. The number of benzene rings is 2. The minimum absolute atomic E-state index is 0.132. The maximum absolute atomic E-state index is 14.3. The average molecular weight is 421 g/mol. The number of rotatable bonds is 8. The molecule has 0 saturated heterocycles. The van der Waals surface area contributed by atoms with Crippen LogP contribution in [0.2, 0.25) is 0 Å². The topological polar surface area (TPSA) is 101 Å². The number of methoxy groups -OCH3 is 1. The fraction of sp³-hybridized carbons (Fsp3) is 0.211. The Balaban J connectivity index is 1.89. The van der Waals surface area contributed by atoms with Crippen molar-refractivity contribution in [1.82, 2.24) is 14.7 Å². The predicted molar refractivity (Wildman–Crippen MR) is 103 cm³/mol. The molecule has 2 aromatic carbocycles. The van der Waals surface area contributed by atoms with E-state index in [1.54, 1.807) is 6.07 Å². The average Bonchev–Trinajstić information content (AvgIpc) is 2.72. The number of hydrogen-bond donors (Lipinski definition) is 2. The standard InChI is InChI=1S/C19H17F2N3O4S/c1-28-17-10-22-15-5-4-12(9-16(15)24-17)19(25)13-7-11(8-14(20)18(13)21)3-2-6-23-29(26)27/h4-5,7-10,23H,2-3,6H2,1H3,(H,26,27). The molecule has 1 atom stereocenters. The summed E-state index contributed by atoms with van der Waals surface area (Å²) in [6, 6.07) is 6.78. The van der Waals surface area contributed by atoms with Crippen LogP contribution in [0.4, 0.5) is 8.78 Å². The van der Waals surface area contributed by atoms with Gasteiger partial charge in [0.05, 0.1) is 29.9 Å². The van der Waals surface area contributed by atoms with E-state index >= 15 is 0 Å². The van der Waals surface area contributed by atoms with Gasteiger partial charge in [-0.2, -0.15) is 0 Å². The lowest BCUT2D eigenvalue weighted by atomic mass is 9.98. The van der Waals surface area contributed by atoms with Crippen molar-refractivity contribution in [3.8, 4) is 5.88 Å². The van der Waals surface area contributed by atoms with E-state index in [-0.39, 0.29) is 18.0 Å². The number of carbonyl (C=O) groups excluding carboxylic acids is 1. The van der Waals surface area contributed by atoms with Crippen LogP contribution in [0.5, 0.6) is 5.88 Å². The van der Waals surface area contributed by atoms with E-state index in [1.165, 1.54) is 31.5 Å². The van der Waals surface area contributed by atoms with Gasteiger partial charge in [-0.25, -0.2) is 27.7 Å². The fourth-order valence-electron chi connectivity index (χ4n) is 2.80. The Morgan fingerprint density at radius 3 is 2.76 bits per heavy atom. The number of halogens is 2. The summed E-state index contributed by atoms with van der Waals surface area (Å²) in [6.07, 6.45) is 2.13. The predicted octanol–water partition coefficient (Wildman–Crippen LogP) is 2.81. The van der Waals surface area contributed by atoms with Crippen molar-refractivity contribution >= 4 is 28.1 Å². The molecule has 0 aliphatic rings. The number of aryl methyl sites for hydroxylation is 1. The highest BCUT2D eigenvalue weighted by atomic mass is 32.2. The van der Waals surface area contributed by atoms with Gasteiger partial charge in [-0.15, -0.1) is 0 Å². The van der Waals surface area contributed by atoms with Crippen molar-refractivity contribution in [2.45, 2.75) is 12.8 Å². The molecule has 1 aromatic heterocycles. The van der Waals surface area contributed by atoms with E-state index in [0.717, 1.165) is 6.07 Å². The van der Waals surface area contributed by atoms with Crippen LogP contribution in [-0.2, 0) is 17.7 Å². The molecular formula is C19H17F2N3O4S. The monoisotopic (exact) mass is 421 g/mol. The van der Waals surface area contributed by atoms with Gasteiger partial charge in [-0.3, -0.25) is 9.35 Å². The van der Waals surface area contributed by atoms with Gasteiger partial charge in [0.1, 0.15) is 0 Å². The quantitative estimate of drug-likeness (QED) is 0.330. The van der Waals surface area contributed by atoms with E-state index in [1.807, 2.05) is 0 Å². The Morgan fingerprint density at radius 2 is 2.03 bits per heavy atom. The summed E-state index contributed by atoms with van der Waals surface area (Å²) >= 11 is -2.14. The van der Waals surface area contributed by atoms with Crippen LogP contribution in [0.15, 0.2) is 36.5 Å². The van der Waals surface area contributed by atoms with Gasteiger partial charge >= 0.3 is 0 Å². The minimum Gasteiger partial charge on any atom is -0.480 e. The summed E-state index contributed by atoms with van der Waals surface area (Å²) in [6.45, 7) is 0.205. The smallest absolute Gasteiger partial charge is 0.232 e. The summed E-state index contributed by atoms with van der Waals surface area (Å²) in [4.78, 5) is 21.2. The van der Waals surface area contributed by atoms with Crippen LogP contribution in [0.25, 0.3) is 11.0 Å². The van der Waals surface area contributed by atoms with Gasteiger partial charge in [0, 0.05) is 12.1 Å². The minimum atomic E-state index is -2.14. The van der Waals surface area contributed by atoms with Crippen LogP contribution in [-0.4, -0.2) is 38.2 Å². The Morgan fingerprint density at radius 1 is 1.24 bits per heavy atom. The van der Waals surface area contributed by atoms with Crippen LogP contribution in [0.1, 0.15) is 27.9 Å². The number of nitrogens with zero attached hydrogens (tertiary/aromatic N) is 2. The highest BCUT2D eigenvalue weighted by Gasteiger charge is 2.19. The molecule has 152 valence electrons. The summed E-state index contributed by atoms with van der Waals surface area (Å²) in [7, 11) is 1.43. The van der Waals surface area contributed by atoms with Gasteiger partial charge in [-0.05, 0) is 48.7 Å². The molecular weight excluding hydrogens is 404 g/mol. The zero-order valence-electron chi connectivity index (χ0n) is 15.3. The number of carbonyl (C=O) groups is 1. The first-order chi connectivity index (χ1) is 13.9. The zero-order valence-corrected chi connectivity index (χ0v) is 16.1. The van der Waals surface area contributed by atoms with Crippen molar-refractivity contribution < 1.29 is 27.1 Å². The summed E-state index contributed by atoms with van der Waals surface area (Å²) in [5.74, 6) is -2.79. The van der Waals surface area contributed by atoms with E-state index in [2.05, 4.69) is 14.7 Å². The van der Waals surface area contributed by atoms with Gasteiger partial charge in [0.15, 0.2) is 17.4 Å². The summed E-state index contributed by atoms with van der Waals surface area (Å²) in [5.41, 5.74) is 1.05. The second-order valence-electron chi connectivity index (χ2n) is 6.13. The van der Waals surface area contributed by atoms with Crippen molar-refractivity contribution in [2.24, 2.45) is 0 Å². The number of aromatic nitrogens is 2. The van der Waals surface area contributed by atoms with Crippen LogP contribution >= 0.6 is 0 Å². The molecule has 1 unspecified atom stereocenters. The van der Waals surface area contributed by atoms with Crippen LogP contribution in [0.3, 0.4) is 0 Å². The Bertz CT molecular complexity index is 1090. The molecule has 29 heavy (non-hydrogen) atoms. The summed E-state index contributed by atoms with van der Waals surface area (Å²) in [5, 5.41) is 0. The van der Waals surface area contributed by atoms with Crippen LogP contribution in [0, 0.1) is 11.6 Å². The Labute approximate surface area is 167 Å². The lowest BCUT2D eigenvalue weighted by Crippen LogP contribution is -2.18. The molecule has 0 bridgehead atoms. The zero-order chi connectivity index (χ0) is 21.0. The largest absolute Gasteiger partial charge is 0.480 e. The number of ether oxygens (including phenoxy) is 1. The number of nitrogens with one attached hydrogen (secondary N) is 1. The molecule has 0 amide bonds. The van der Waals surface area contributed by atoms with E-state index < -0.39 is 34.2 Å². The molecule has 0 aliphatic heterocycles. The second-order valence-corrected chi connectivity index (χ2v) is 6.92. The molecule has 3 aromatic rings. The van der Waals surface area contributed by atoms with Gasteiger partial charge in [-0.1, -0.05) is 0 Å². The molecule has 0 saturated carbocycles. The molecule has 1 heterocycles. The van der Waals surface area contributed by atoms with Crippen molar-refractivity contribution in [3.05, 3.63) is 64.9 Å². The van der Waals surface area contributed by atoms with Crippen molar-refractivity contribution in [1.29, 1.82) is 0 Å². The maximum atomic E-state index is 14.3. The number of fused-ring (bicyclic) bond motifs is 1. The molecule has 7 nitrogen and oxygen atoms in total.